The van der Waals surface area contributed by atoms with E-state index in [0.717, 1.165) is 24.7 Å². The Balaban J connectivity index is 1.22. The summed E-state index contributed by atoms with van der Waals surface area (Å²) in [5.41, 5.74) is 0.537. The van der Waals surface area contributed by atoms with Gasteiger partial charge >= 0.3 is 6.18 Å². The number of nitrogens with zero attached hydrogens (tertiary/aromatic N) is 8. The summed E-state index contributed by atoms with van der Waals surface area (Å²) in [7, 11) is 3.09. The number of rotatable bonds is 6. The maximum absolute atomic E-state index is 13.1. The largest absolute Gasteiger partial charge is 0.480 e. The van der Waals surface area contributed by atoms with Crippen molar-refractivity contribution in [1.82, 2.24) is 29.5 Å². The first kappa shape index (κ1) is 25.3. The van der Waals surface area contributed by atoms with Gasteiger partial charge in [0.2, 0.25) is 11.8 Å². The van der Waals surface area contributed by atoms with Crippen molar-refractivity contribution in [2.45, 2.75) is 37.8 Å². The molecule has 39 heavy (non-hydrogen) atoms. The van der Waals surface area contributed by atoms with Crippen molar-refractivity contribution in [1.29, 1.82) is 0 Å². The number of ether oxygens (including phenoxy) is 2. The highest BCUT2D eigenvalue weighted by atomic mass is 19.4. The fourth-order valence-corrected chi connectivity index (χ4v) is 5.18. The summed E-state index contributed by atoms with van der Waals surface area (Å²) >= 11 is 0. The Hall–Kier alpha value is -3.97. The topological polar surface area (TPSA) is 111 Å². The summed E-state index contributed by atoms with van der Waals surface area (Å²) in [5, 5.41) is 0. The lowest BCUT2D eigenvalue weighted by atomic mass is 9.96. The van der Waals surface area contributed by atoms with Crippen molar-refractivity contribution in [3.63, 3.8) is 0 Å². The first-order valence-corrected chi connectivity index (χ1v) is 12.8. The second-order valence-corrected chi connectivity index (χ2v) is 10.1. The number of amides is 1. The molecule has 14 heteroatoms. The molecule has 11 nitrogen and oxygen atoms in total. The molecular weight excluding hydrogens is 517 g/mol. The predicted octanol–water partition coefficient (Wildman–Crippen LogP) is 3.21. The van der Waals surface area contributed by atoms with Crippen molar-refractivity contribution in [2.75, 3.05) is 43.2 Å². The highest BCUT2D eigenvalue weighted by Crippen LogP contribution is 2.45. The number of alkyl halides is 3. The Bertz CT molecular complexity index is 1400. The molecule has 6 rings (SSSR count). The summed E-state index contributed by atoms with van der Waals surface area (Å²) in [6.45, 7) is 1.34. The molecule has 1 amide bonds. The first-order valence-electron chi connectivity index (χ1n) is 12.8. The Morgan fingerprint density at radius 1 is 1.10 bits per heavy atom. The van der Waals surface area contributed by atoms with E-state index in [0.29, 0.717) is 67.2 Å². The maximum Gasteiger partial charge on any atom is 0.434 e. The summed E-state index contributed by atoms with van der Waals surface area (Å²) in [5.74, 6) is 2.01. The number of anilines is 2. The minimum Gasteiger partial charge on any atom is -0.480 e. The fourth-order valence-electron chi connectivity index (χ4n) is 5.18. The van der Waals surface area contributed by atoms with Gasteiger partial charge in [-0.1, -0.05) is 0 Å². The Labute approximate surface area is 222 Å². The molecule has 3 aromatic rings. The van der Waals surface area contributed by atoms with Crippen LogP contribution in [0, 0.1) is 5.92 Å². The number of imidazole rings is 1. The SMILES string of the molecule is COc1ncnc(C2CC2)c1-c1ncc2c(n1)N(CC1CCN(c3nc(C(F)(F)F)cn3C)CC1)C(=O)CO2. The Kier molecular flexibility index (Phi) is 6.26. The molecule has 0 spiro atoms. The van der Waals surface area contributed by atoms with E-state index in [1.807, 2.05) is 4.90 Å². The highest BCUT2D eigenvalue weighted by molar-refractivity contribution is 5.96. The summed E-state index contributed by atoms with van der Waals surface area (Å²) in [4.78, 5) is 38.2. The molecule has 0 aromatic carbocycles. The minimum absolute atomic E-state index is 0.118. The van der Waals surface area contributed by atoms with Crippen molar-refractivity contribution in [3.8, 4) is 23.0 Å². The Morgan fingerprint density at radius 3 is 2.54 bits per heavy atom. The fraction of sp³-hybridized carbons (Fsp3) is 0.520. The number of carbonyl (C=O) groups excluding carboxylic acids is 1. The lowest BCUT2D eigenvalue weighted by Crippen LogP contribution is -2.45. The highest BCUT2D eigenvalue weighted by Gasteiger charge is 2.37. The number of hydrogen-bond acceptors (Lipinski definition) is 9. The zero-order chi connectivity index (χ0) is 27.3. The van der Waals surface area contributed by atoms with E-state index in [9.17, 15) is 18.0 Å². The van der Waals surface area contributed by atoms with Crippen LogP contribution in [0.25, 0.3) is 11.4 Å². The van der Waals surface area contributed by atoms with Gasteiger partial charge in [0.25, 0.3) is 5.91 Å². The first-order chi connectivity index (χ1) is 18.7. The van der Waals surface area contributed by atoms with Gasteiger partial charge in [-0.2, -0.15) is 13.2 Å². The maximum atomic E-state index is 13.1. The molecule has 5 heterocycles. The molecule has 0 radical (unpaired) electrons. The van der Waals surface area contributed by atoms with Gasteiger partial charge in [-0.3, -0.25) is 9.69 Å². The van der Waals surface area contributed by atoms with Crippen molar-refractivity contribution >= 4 is 17.7 Å². The summed E-state index contributed by atoms with van der Waals surface area (Å²) in [6, 6.07) is 0. The van der Waals surface area contributed by atoms with Gasteiger partial charge in [0, 0.05) is 38.8 Å². The molecule has 3 aromatic heterocycles. The van der Waals surface area contributed by atoms with Crippen LogP contribution in [0.15, 0.2) is 18.7 Å². The van der Waals surface area contributed by atoms with Gasteiger partial charge in [0.15, 0.2) is 29.7 Å². The van der Waals surface area contributed by atoms with E-state index in [4.69, 9.17) is 14.5 Å². The third kappa shape index (κ3) is 4.83. The molecule has 2 fully saturated rings. The van der Waals surface area contributed by atoms with Crippen LogP contribution >= 0.6 is 0 Å². The number of methoxy groups -OCH3 is 1. The second-order valence-electron chi connectivity index (χ2n) is 10.1. The quantitative estimate of drug-likeness (QED) is 0.462. The predicted molar refractivity (Wildman–Crippen MR) is 133 cm³/mol. The van der Waals surface area contributed by atoms with E-state index in [1.54, 1.807) is 18.1 Å². The summed E-state index contributed by atoms with van der Waals surface area (Å²) < 4.78 is 51.8. The van der Waals surface area contributed by atoms with Crippen molar-refractivity contribution in [2.24, 2.45) is 13.0 Å². The van der Waals surface area contributed by atoms with Crippen LogP contribution in [-0.2, 0) is 18.0 Å². The Morgan fingerprint density at radius 2 is 1.87 bits per heavy atom. The zero-order valence-electron chi connectivity index (χ0n) is 21.5. The number of aryl methyl sites for hydroxylation is 1. The van der Waals surface area contributed by atoms with Crippen molar-refractivity contribution in [3.05, 3.63) is 30.1 Å². The minimum atomic E-state index is -4.49. The van der Waals surface area contributed by atoms with Gasteiger partial charge < -0.3 is 18.9 Å². The number of carbonyl (C=O) groups is 1. The van der Waals surface area contributed by atoms with E-state index in [-0.39, 0.29) is 24.4 Å². The molecule has 1 saturated heterocycles. The molecule has 0 atom stereocenters. The van der Waals surface area contributed by atoms with Crippen LogP contribution in [-0.4, -0.2) is 68.7 Å². The molecule has 3 aliphatic rings. The van der Waals surface area contributed by atoms with E-state index >= 15 is 0 Å². The normalized spacial score (nSPS) is 18.2. The van der Waals surface area contributed by atoms with Gasteiger partial charge in [0.05, 0.1) is 19.0 Å². The van der Waals surface area contributed by atoms with Crippen LogP contribution in [0.2, 0.25) is 0 Å². The molecular formula is C25H27F3N8O3. The molecule has 2 aliphatic heterocycles. The molecule has 1 aliphatic carbocycles. The van der Waals surface area contributed by atoms with Crippen LogP contribution in [0.1, 0.15) is 43.0 Å². The van der Waals surface area contributed by atoms with E-state index < -0.39 is 11.9 Å². The monoisotopic (exact) mass is 544 g/mol. The average Bonchev–Trinajstić information content (AvgIpc) is 3.70. The smallest absolute Gasteiger partial charge is 0.434 e. The number of hydrogen-bond donors (Lipinski definition) is 0. The third-order valence-corrected chi connectivity index (χ3v) is 7.35. The van der Waals surface area contributed by atoms with Crippen LogP contribution in [0.5, 0.6) is 11.6 Å². The number of halogens is 3. The lowest BCUT2D eigenvalue weighted by molar-refractivity contribution is -0.140. The molecule has 0 unspecified atom stereocenters. The van der Waals surface area contributed by atoms with E-state index in [1.165, 1.54) is 18.0 Å². The van der Waals surface area contributed by atoms with Crippen LogP contribution in [0.4, 0.5) is 24.9 Å². The molecule has 1 saturated carbocycles. The van der Waals surface area contributed by atoms with Crippen molar-refractivity contribution < 1.29 is 27.4 Å². The molecule has 206 valence electrons. The van der Waals surface area contributed by atoms with Crippen LogP contribution in [0.3, 0.4) is 0 Å². The third-order valence-electron chi connectivity index (χ3n) is 7.35. The zero-order valence-corrected chi connectivity index (χ0v) is 21.5. The van der Waals surface area contributed by atoms with Gasteiger partial charge in [-0.25, -0.2) is 24.9 Å². The number of aromatic nitrogens is 6. The number of piperidine rings is 1. The van der Waals surface area contributed by atoms with Gasteiger partial charge in [0.1, 0.15) is 11.9 Å². The van der Waals surface area contributed by atoms with Crippen LogP contribution < -0.4 is 19.3 Å². The molecule has 0 N–H and O–H groups in total. The lowest BCUT2D eigenvalue weighted by Gasteiger charge is -2.36. The second kappa shape index (κ2) is 9.65. The molecule has 0 bridgehead atoms. The summed E-state index contributed by atoms with van der Waals surface area (Å²) in [6.07, 6.45) is 2.92. The van der Waals surface area contributed by atoms with E-state index in [2.05, 4.69) is 19.9 Å². The standard InChI is InChI=1S/C25H27F3N8O3/c1-34-11-17(25(26,27)28)32-24(34)35-7-5-14(6-8-35)10-36-18(37)12-39-16-9-29-21(33-22(16)36)19-20(15-3-4-15)30-13-31-23(19)38-2/h9,11,13-15H,3-8,10,12H2,1-2H3. The average molecular weight is 545 g/mol. The van der Waals surface area contributed by atoms with Gasteiger partial charge in [-0.15, -0.1) is 0 Å². The number of fused-ring (bicyclic) bond motifs is 1. The van der Waals surface area contributed by atoms with Gasteiger partial charge in [-0.05, 0) is 31.6 Å².